The molecule has 178 valence electrons. The second-order valence-electron chi connectivity index (χ2n) is 8.11. The number of hydrogen-bond acceptors (Lipinski definition) is 4. The first-order valence-corrected chi connectivity index (χ1v) is 11.9. The Kier molecular flexibility index (Phi) is 7.45. The van der Waals surface area contributed by atoms with Crippen LogP contribution in [0.25, 0.3) is 0 Å². The normalized spacial score (nSPS) is 16.0. The number of nitrogens with zero attached hydrogens (tertiary/aromatic N) is 3. The lowest BCUT2D eigenvalue weighted by molar-refractivity contribution is 0.561. The Morgan fingerprint density at radius 2 is 1.76 bits per heavy atom. The lowest BCUT2D eigenvalue weighted by Gasteiger charge is -2.30. The van der Waals surface area contributed by atoms with Crippen LogP contribution in [0.1, 0.15) is 28.9 Å². The van der Waals surface area contributed by atoms with Crippen molar-refractivity contribution in [3.8, 4) is 0 Å². The molecule has 0 aliphatic carbocycles. The first-order chi connectivity index (χ1) is 15.2. The van der Waals surface area contributed by atoms with Crippen molar-refractivity contribution in [2.75, 3.05) is 17.4 Å². The molecule has 0 radical (unpaired) electrons. The maximum atomic E-state index is 14.0. The van der Waals surface area contributed by atoms with E-state index in [1.807, 2.05) is 0 Å². The van der Waals surface area contributed by atoms with Crippen molar-refractivity contribution in [2.24, 2.45) is 7.05 Å². The van der Waals surface area contributed by atoms with E-state index in [0.29, 0.717) is 35.6 Å². The van der Waals surface area contributed by atoms with E-state index in [2.05, 4.69) is 10.4 Å². The average molecular weight is 497 g/mol. The molecule has 1 fully saturated rings. The molecule has 1 aliphatic rings. The Balaban J connectivity index is 0.00000306. The largest absolute Gasteiger partial charge is 0.315 e. The van der Waals surface area contributed by atoms with Crippen LogP contribution in [0.3, 0.4) is 0 Å². The van der Waals surface area contributed by atoms with E-state index in [-0.39, 0.29) is 35.3 Å². The van der Waals surface area contributed by atoms with E-state index in [9.17, 15) is 17.2 Å². The molecule has 0 spiro atoms. The van der Waals surface area contributed by atoms with Gasteiger partial charge in [0.1, 0.15) is 16.5 Å². The van der Waals surface area contributed by atoms with Gasteiger partial charge < -0.3 is 5.32 Å². The number of halogens is 3. The zero-order valence-corrected chi connectivity index (χ0v) is 20.3. The molecule has 2 aromatic carbocycles. The molecule has 1 atom stereocenters. The number of aryl methyl sites for hydroxylation is 2. The molecule has 0 amide bonds. The molecule has 3 aromatic rings. The van der Waals surface area contributed by atoms with Crippen LogP contribution in [0, 0.1) is 25.5 Å². The Morgan fingerprint density at radius 1 is 1.12 bits per heavy atom. The minimum absolute atomic E-state index is 0. The van der Waals surface area contributed by atoms with Gasteiger partial charge in [-0.05, 0) is 56.6 Å². The van der Waals surface area contributed by atoms with Crippen LogP contribution in [0.5, 0.6) is 0 Å². The molecule has 2 heterocycles. The van der Waals surface area contributed by atoms with E-state index in [4.69, 9.17) is 0 Å². The van der Waals surface area contributed by atoms with Crippen molar-refractivity contribution in [3.05, 3.63) is 76.6 Å². The highest BCUT2D eigenvalue weighted by Gasteiger charge is 2.36. The average Bonchev–Trinajstić information content (AvgIpc) is 3.34. The summed E-state index contributed by atoms with van der Waals surface area (Å²) >= 11 is 0. The monoisotopic (exact) mass is 496 g/mol. The van der Waals surface area contributed by atoms with Gasteiger partial charge in [-0.25, -0.2) is 17.2 Å². The summed E-state index contributed by atoms with van der Waals surface area (Å²) in [5.41, 5.74) is 2.22. The molecule has 4 rings (SSSR count). The van der Waals surface area contributed by atoms with E-state index >= 15 is 0 Å². The van der Waals surface area contributed by atoms with Crippen molar-refractivity contribution in [1.82, 2.24) is 15.1 Å². The van der Waals surface area contributed by atoms with Gasteiger partial charge in [-0.1, -0.05) is 18.2 Å². The van der Waals surface area contributed by atoms with Crippen LogP contribution in [0.15, 0.2) is 47.4 Å². The lowest BCUT2D eigenvalue weighted by Crippen LogP contribution is -2.42. The molecule has 10 heteroatoms. The summed E-state index contributed by atoms with van der Waals surface area (Å²) in [4.78, 5) is 0.212. The Hall–Kier alpha value is -2.49. The molecule has 1 aliphatic heterocycles. The zero-order chi connectivity index (χ0) is 23.0. The molecule has 1 N–H and O–H groups in total. The van der Waals surface area contributed by atoms with E-state index < -0.39 is 21.7 Å². The third-order valence-electron chi connectivity index (χ3n) is 5.96. The van der Waals surface area contributed by atoms with Crippen LogP contribution < -0.4 is 9.62 Å². The lowest BCUT2D eigenvalue weighted by atomic mass is 10.0. The van der Waals surface area contributed by atoms with Crippen LogP contribution in [0.4, 0.5) is 14.5 Å². The molecular weight excluding hydrogens is 470 g/mol. The van der Waals surface area contributed by atoms with Gasteiger partial charge in [0, 0.05) is 25.6 Å². The summed E-state index contributed by atoms with van der Waals surface area (Å²) in [7, 11) is -2.15. The fourth-order valence-electron chi connectivity index (χ4n) is 4.28. The van der Waals surface area contributed by atoms with Crippen molar-refractivity contribution < 1.29 is 17.2 Å². The van der Waals surface area contributed by atoms with Gasteiger partial charge in [-0.15, -0.1) is 12.4 Å². The predicted molar refractivity (Wildman–Crippen MR) is 126 cm³/mol. The highest BCUT2D eigenvalue weighted by Crippen LogP contribution is 2.32. The van der Waals surface area contributed by atoms with Crippen molar-refractivity contribution >= 4 is 28.1 Å². The van der Waals surface area contributed by atoms with Crippen molar-refractivity contribution in [3.63, 3.8) is 0 Å². The number of aromatic nitrogens is 2. The molecule has 6 nitrogen and oxygen atoms in total. The maximum absolute atomic E-state index is 14.0. The van der Waals surface area contributed by atoms with Gasteiger partial charge in [0.25, 0.3) is 10.0 Å². The van der Waals surface area contributed by atoms with E-state index in [1.54, 1.807) is 49.8 Å². The summed E-state index contributed by atoms with van der Waals surface area (Å²) in [5.74, 6) is -1.20. The Bertz CT molecular complexity index is 1220. The molecule has 33 heavy (non-hydrogen) atoms. The number of sulfonamides is 1. The SMILES string of the molecule is Cc1nn(C)c(C)c1S(=O)(=O)N(c1ccc(Cc2c(F)cccc2F)cc1)[C@H]1CCNC1.Cl. The first kappa shape index (κ1) is 25.1. The molecular formula is C23H27ClF2N4O2S. The number of rotatable bonds is 6. The fourth-order valence-corrected chi connectivity index (χ4v) is 6.37. The quantitative estimate of drug-likeness (QED) is 0.562. The van der Waals surface area contributed by atoms with Gasteiger partial charge in [-0.3, -0.25) is 8.99 Å². The van der Waals surface area contributed by atoms with Gasteiger partial charge >= 0.3 is 0 Å². The highest BCUT2D eigenvalue weighted by molar-refractivity contribution is 7.93. The first-order valence-electron chi connectivity index (χ1n) is 10.5. The van der Waals surface area contributed by atoms with Gasteiger partial charge in [0.05, 0.1) is 23.1 Å². The summed E-state index contributed by atoms with van der Waals surface area (Å²) in [6.07, 6.45) is 0.761. The smallest absolute Gasteiger partial charge is 0.268 e. The Labute approximate surface area is 199 Å². The minimum Gasteiger partial charge on any atom is -0.315 e. The topological polar surface area (TPSA) is 67.2 Å². The highest BCUT2D eigenvalue weighted by atomic mass is 35.5. The molecule has 0 bridgehead atoms. The summed E-state index contributed by atoms with van der Waals surface area (Å²) in [6, 6.07) is 10.4. The van der Waals surface area contributed by atoms with E-state index in [0.717, 1.165) is 6.54 Å². The number of nitrogens with one attached hydrogen (secondary N) is 1. The van der Waals surface area contributed by atoms with Crippen molar-refractivity contribution in [2.45, 2.75) is 37.6 Å². The van der Waals surface area contributed by atoms with Crippen LogP contribution in [-0.4, -0.2) is 37.3 Å². The van der Waals surface area contributed by atoms with Gasteiger partial charge in [-0.2, -0.15) is 5.10 Å². The summed E-state index contributed by atoms with van der Waals surface area (Å²) in [5, 5.41) is 7.51. The van der Waals surface area contributed by atoms with Gasteiger partial charge in [0.2, 0.25) is 0 Å². The standard InChI is InChI=1S/C23H26F2N4O2S.ClH/c1-15-23(16(2)28(3)27-15)32(30,31)29(19-11-12-26-14-19)18-9-7-17(8-10-18)13-20-21(24)5-4-6-22(20)25;/h4-10,19,26H,11-14H2,1-3H3;1H/t19-;/m0./s1. The molecule has 1 aromatic heterocycles. The summed E-state index contributed by atoms with van der Waals surface area (Å²) in [6.45, 7) is 4.70. The third kappa shape index (κ3) is 4.76. The van der Waals surface area contributed by atoms with Crippen LogP contribution in [-0.2, 0) is 23.5 Å². The van der Waals surface area contributed by atoms with Gasteiger partial charge in [0.15, 0.2) is 0 Å². The second-order valence-corrected chi connectivity index (χ2v) is 9.87. The predicted octanol–water partition coefficient (Wildman–Crippen LogP) is 3.88. The Morgan fingerprint density at radius 3 is 2.27 bits per heavy atom. The minimum atomic E-state index is -3.87. The molecule has 0 saturated carbocycles. The number of benzene rings is 2. The van der Waals surface area contributed by atoms with Crippen molar-refractivity contribution in [1.29, 1.82) is 0 Å². The third-order valence-corrected chi connectivity index (χ3v) is 8.09. The van der Waals surface area contributed by atoms with Crippen LogP contribution >= 0.6 is 12.4 Å². The zero-order valence-electron chi connectivity index (χ0n) is 18.7. The summed E-state index contributed by atoms with van der Waals surface area (Å²) < 4.78 is 58.7. The van der Waals surface area contributed by atoms with Crippen LogP contribution in [0.2, 0.25) is 0 Å². The fraction of sp³-hybridized carbons (Fsp3) is 0.348. The molecule has 1 saturated heterocycles. The van der Waals surface area contributed by atoms with E-state index in [1.165, 1.54) is 22.5 Å². The number of hydrogen-bond donors (Lipinski definition) is 1. The number of anilines is 1. The molecule has 0 unspecified atom stereocenters. The second kappa shape index (κ2) is 9.79. The maximum Gasteiger partial charge on any atom is 0.268 e.